The lowest BCUT2D eigenvalue weighted by atomic mass is 10.0. The van der Waals surface area contributed by atoms with Crippen LogP contribution in [0.2, 0.25) is 0 Å². The average Bonchev–Trinajstić information content (AvgIpc) is 3.69. The van der Waals surface area contributed by atoms with Gasteiger partial charge in [-0.3, -0.25) is 0 Å². The van der Waals surface area contributed by atoms with E-state index >= 15 is 0 Å². The molecule has 0 spiro atoms. The number of carbonyl (C=O) groups excluding carboxylic acids is 3. The molecule has 35 heavy (non-hydrogen) atoms. The number of rotatable bonds is 7. The average molecular weight is 472 g/mol. The van der Waals surface area contributed by atoms with Crippen LogP contribution in [0.15, 0.2) is 91.0 Å². The first-order chi connectivity index (χ1) is 17.1. The Morgan fingerprint density at radius 3 is 1.63 bits per heavy atom. The van der Waals surface area contributed by atoms with E-state index in [9.17, 15) is 14.4 Å². The van der Waals surface area contributed by atoms with Gasteiger partial charge in [0.25, 0.3) is 0 Å². The first-order valence-electron chi connectivity index (χ1n) is 11.5. The van der Waals surface area contributed by atoms with Crippen LogP contribution in [0.25, 0.3) is 0 Å². The molecule has 7 nitrogen and oxygen atoms in total. The van der Waals surface area contributed by atoms with Crippen LogP contribution in [0.5, 0.6) is 0 Å². The van der Waals surface area contributed by atoms with E-state index in [1.165, 1.54) is 0 Å². The molecule has 3 aromatic rings. The number of esters is 3. The molecule has 0 radical (unpaired) electrons. The molecule has 7 heteroatoms. The van der Waals surface area contributed by atoms with Gasteiger partial charge in [0.2, 0.25) is 0 Å². The predicted octanol–water partition coefficient (Wildman–Crippen LogP) is 4.08. The van der Waals surface area contributed by atoms with Gasteiger partial charge in [-0.05, 0) is 42.8 Å². The van der Waals surface area contributed by atoms with Crippen molar-refractivity contribution in [3.8, 4) is 0 Å². The fraction of sp³-hybridized carbons (Fsp3) is 0.250. The van der Waals surface area contributed by atoms with Crippen LogP contribution in [0, 0.1) is 5.92 Å². The van der Waals surface area contributed by atoms with Crippen molar-refractivity contribution < 1.29 is 33.3 Å². The summed E-state index contributed by atoms with van der Waals surface area (Å²) in [6.07, 6.45) is -1.95. The molecule has 2 fully saturated rings. The summed E-state index contributed by atoms with van der Waals surface area (Å²) in [6.45, 7) is -0.150. The maximum atomic E-state index is 12.9. The van der Waals surface area contributed by atoms with Crippen molar-refractivity contribution in [3.05, 3.63) is 108 Å². The summed E-state index contributed by atoms with van der Waals surface area (Å²) in [7, 11) is 0. The monoisotopic (exact) mass is 472 g/mol. The molecule has 5 atom stereocenters. The first kappa shape index (κ1) is 22.8. The van der Waals surface area contributed by atoms with Crippen LogP contribution in [0.1, 0.15) is 37.5 Å². The Hall–Kier alpha value is -3.97. The molecule has 1 aliphatic carbocycles. The number of hydrogen-bond donors (Lipinski definition) is 0. The molecule has 1 saturated heterocycles. The molecule has 0 unspecified atom stereocenters. The lowest BCUT2D eigenvalue weighted by Crippen LogP contribution is -2.52. The predicted molar refractivity (Wildman–Crippen MR) is 125 cm³/mol. The van der Waals surface area contributed by atoms with E-state index in [1.54, 1.807) is 84.9 Å². The smallest absolute Gasteiger partial charge is 0.338 e. The van der Waals surface area contributed by atoms with Crippen molar-refractivity contribution in [3.63, 3.8) is 0 Å². The van der Waals surface area contributed by atoms with Crippen LogP contribution < -0.4 is 0 Å². The maximum Gasteiger partial charge on any atom is 0.338 e. The summed E-state index contributed by atoms with van der Waals surface area (Å²) in [5.41, 5.74) is 1.16. The van der Waals surface area contributed by atoms with Crippen LogP contribution in [-0.4, -0.2) is 48.9 Å². The van der Waals surface area contributed by atoms with Gasteiger partial charge < -0.3 is 18.9 Å². The quantitative estimate of drug-likeness (QED) is 0.378. The highest BCUT2D eigenvalue weighted by molar-refractivity contribution is 5.91. The van der Waals surface area contributed by atoms with Crippen molar-refractivity contribution in [1.82, 2.24) is 0 Å². The molecule has 3 aromatic carbocycles. The minimum Gasteiger partial charge on any atom is -0.459 e. The summed E-state index contributed by atoms with van der Waals surface area (Å²) in [4.78, 5) is 38.3. The fourth-order valence-corrected chi connectivity index (χ4v) is 4.23. The van der Waals surface area contributed by atoms with E-state index in [2.05, 4.69) is 0 Å². The molecule has 2 aliphatic rings. The Morgan fingerprint density at radius 1 is 0.657 bits per heavy atom. The lowest BCUT2D eigenvalue weighted by molar-refractivity contribution is -0.158. The van der Waals surface area contributed by atoms with Gasteiger partial charge in [-0.15, -0.1) is 0 Å². The fourth-order valence-electron chi connectivity index (χ4n) is 4.23. The third-order valence-corrected chi connectivity index (χ3v) is 6.13. The van der Waals surface area contributed by atoms with E-state index in [-0.39, 0.29) is 18.6 Å². The number of benzene rings is 3. The summed E-state index contributed by atoms with van der Waals surface area (Å²) < 4.78 is 23.3. The molecular formula is C28H24O7. The Morgan fingerprint density at radius 2 is 1.11 bits per heavy atom. The highest BCUT2D eigenvalue weighted by Crippen LogP contribution is 2.46. The van der Waals surface area contributed by atoms with Crippen molar-refractivity contribution in [2.75, 3.05) is 6.61 Å². The molecule has 0 bridgehead atoms. The molecule has 0 N–H and O–H groups in total. The zero-order valence-corrected chi connectivity index (χ0v) is 18.8. The van der Waals surface area contributed by atoms with Crippen molar-refractivity contribution in [1.29, 1.82) is 0 Å². The first-order valence-corrected chi connectivity index (χ1v) is 11.5. The third kappa shape index (κ3) is 5.25. The molecule has 178 valence electrons. The molecule has 0 aromatic heterocycles. The maximum absolute atomic E-state index is 12.9. The van der Waals surface area contributed by atoms with E-state index in [0.717, 1.165) is 0 Å². The lowest BCUT2D eigenvalue weighted by Gasteiger charge is -2.36. The van der Waals surface area contributed by atoms with Crippen LogP contribution in [0.4, 0.5) is 0 Å². The largest absolute Gasteiger partial charge is 0.459 e. The zero-order chi connectivity index (χ0) is 24.2. The van der Waals surface area contributed by atoms with E-state index in [0.29, 0.717) is 23.1 Å². The third-order valence-electron chi connectivity index (χ3n) is 6.13. The summed E-state index contributed by atoms with van der Waals surface area (Å²) in [5, 5.41) is 0. The van der Waals surface area contributed by atoms with E-state index in [4.69, 9.17) is 18.9 Å². The molecular weight excluding hydrogens is 448 g/mol. The minimum absolute atomic E-state index is 0.0997. The standard InChI is InChI=1S/C28H24O7/c29-26(18-10-4-1-5-11-18)32-17-23-25(35-28(31)20-14-8-3-9-15-20)24(21-16-22(21)33-23)34-27(30)19-12-6-2-7-13-19/h1-15,21-25H,16-17H2/t21-,22+,23+,24+,25-/m0/s1. The second-order valence-electron chi connectivity index (χ2n) is 8.55. The van der Waals surface area contributed by atoms with Gasteiger partial charge in [0.15, 0.2) is 6.10 Å². The van der Waals surface area contributed by atoms with Crippen molar-refractivity contribution in [2.24, 2.45) is 5.92 Å². The number of hydrogen-bond acceptors (Lipinski definition) is 7. The van der Waals surface area contributed by atoms with E-state index < -0.39 is 36.2 Å². The second kappa shape index (κ2) is 10.1. The van der Waals surface area contributed by atoms with Crippen molar-refractivity contribution in [2.45, 2.75) is 30.8 Å². The highest BCUT2D eigenvalue weighted by Gasteiger charge is 2.58. The molecule has 5 rings (SSSR count). The summed E-state index contributed by atoms with van der Waals surface area (Å²) >= 11 is 0. The Labute approximate surface area is 202 Å². The van der Waals surface area contributed by atoms with Gasteiger partial charge >= 0.3 is 17.9 Å². The van der Waals surface area contributed by atoms with E-state index in [1.807, 2.05) is 6.07 Å². The Balaban J connectivity index is 1.36. The van der Waals surface area contributed by atoms with Crippen LogP contribution >= 0.6 is 0 Å². The molecule has 0 amide bonds. The zero-order valence-electron chi connectivity index (χ0n) is 18.8. The van der Waals surface area contributed by atoms with Gasteiger partial charge in [-0.1, -0.05) is 54.6 Å². The highest BCUT2D eigenvalue weighted by atomic mass is 16.6. The van der Waals surface area contributed by atoms with Gasteiger partial charge in [0, 0.05) is 5.92 Å². The molecule has 1 aliphatic heterocycles. The normalized spacial score (nSPS) is 24.5. The topological polar surface area (TPSA) is 88.1 Å². The minimum atomic E-state index is -0.942. The van der Waals surface area contributed by atoms with Gasteiger partial charge in [0.1, 0.15) is 18.8 Å². The molecule has 1 saturated carbocycles. The SMILES string of the molecule is O=C(OC[C@H]1O[C@@H]2C[C@@H]2[C@@H](OC(=O)c2ccccc2)[C@H]1OC(=O)c1ccccc1)c1ccccc1. The summed E-state index contributed by atoms with van der Waals surface area (Å²) in [6, 6.07) is 25.8. The second-order valence-corrected chi connectivity index (χ2v) is 8.55. The van der Waals surface area contributed by atoms with Crippen LogP contribution in [0.3, 0.4) is 0 Å². The number of ether oxygens (including phenoxy) is 4. The molecule has 1 heterocycles. The van der Waals surface area contributed by atoms with Gasteiger partial charge in [0.05, 0.1) is 22.8 Å². The van der Waals surface area contributed by atoms with Crippen LogP contribution in [-0.2, 0) is 18.9 Å². The van der Waals surface area contributed by atoms with Gasteiger partial charge in [-0.2, -0.15) is 0 Å². The Bertz CT molecular complexity index is 1180. The number of carbonyl (C=O) groups is 3. The van der Waals surface area contributed by atoms with Gasteiger partial charge in [-0.25, -0.2) is 14.4 Å². The summed E-state index contributed by atoms with van der Waals surface area (Å²) in [5.74, 6) is -1.70. The Kier molecular flexibility index (Phi) is 6.59. The van der Waals surface area contributed by atoms with Crippen molar-refractivity contribution >= 4 is 17.9 Å². The number of fused-ring (bicyclic) bond motifs is 1.